The van der Waals surface area contributed by atoms with Crippen molar-refractivity contribution in [3.05, 3.63) is 35.9 Å². The number of nitrogens with one attached hydrogen (secondary N) is 1. The van der Waals surface area contributed by atoms with Gasteiger partial charge < -0.3 is 4.55 Å². The highest BCUT2D eigenvalue weighted by molar-refractivity contribution is 7.77. The smallest absolute Gasteiger partial charge is 0.0181 e. The van der Waals surface area contributed by atoms with Crippen molar-refractivity contribution in [1.29, 1.82) is 0 Å². The summed E-state index contributed by atoms with van der Waals surface area (Å²) < 4.78 is 22.5. The summed E-state index contributed by atoms with van der Waals surface area (Å²) in [6.45, 7) is 0.505. The van der Waals surface area contributed by atoms with Crippen LogP contribution in [-0.2, 0) is 17.7 Å². The van der Waals surface area contributed by atoms with E-state index in [1.807, 2.05) is 30.3 Å². The van der Waals surface area contributed by atoms with Crippen LogP contribution in [0.5, 0.6) is 0 Å². The van der Waals surface area contributed by atoms with Crippen molar-refractivity contribution < 1.29 is 8.76 Å². The third kappa shape index (κ3) is 4.77. The Morgan fingerprint density at radius 3 is 2.62 bits per heavy atom. The van der Waals surface area contributed by atoms with E-state index in [1.165, 1.54) is 5.56 Å². The second-order valence-electron chi connectivity index (χ2n) is 2.72. The van der Waals surface area contributed by atoms with E-state index < -0.39 is 11.3 Å². The van der Waals surface area contributed by atoms with E-state index >= 15 is 0 Å². The van der Waals surface area contributed by atoms with E-state index in [-0.39, 0.29) is 0 Å². The lowest BCUT2D eigenvalue weighted by atomic mass is 10.1. The molecule has 0 aliphatic heterocycles. The van der Waals surface area contributed by atoms with Crippen LogP contribution < -0.4 is 4.72 Å². The summed E-state index contributed by atoms with van der Waals surface area (Å²) in [6.07, 6.45) is 1.74. The van der Waals surface area contributed by atoms with Crippen molar-refractivity contribution in [1.82, 2.24) is 4.72 Å². The minimum Gasteiger partial charge on any atom is -0.760 e. The molecule has 0 aromatic heterocycles. The molecule has 0 saturated heterocycles. The zero-order valence-electron chi connectivity index (χ0n) is 7.23. The van der Waals surface area contributed by atoms with Gasteiger partial charge in [0, 0.05) is 17.8 Å². The van der Waals surface area contributed by atoms with Gasteiger partial charge in [0.05, 0.1) is 0 Å². The molecule has 13 heavy (non-hydrogen) atoms. The lowest BCUT2D eigenvalue weighted by Gasteiger charge is -2.06. The molecule has 3 nitrogen and oxygen atoms in total. The molecule has 1 aromatic rings. The van der Waals surface area contributed by atoms with Gasteiger partial charge in [-0.2, -0.15) is 0 Å². The van der Waals surface area contributed by atoms with Crippen molar-refractivity contribution >= 4 is 11.3 Å². The van der Waals surface area contributed by atoms with Crippen LogP contribution in [0, 0.1) is 0 Å². The Kier molecular flexibility index (Phi) is 4.67. The number of hydrogen-bond acceptors (Lipinski definition) is 2. The highest BCUT2D eigenvalue weighted by Crippen LogP contribution is 2.01. The van der Waals surface area contributed by atoms with Crippen LogP contribution in [0.15, 0.2) is 30.3 Å². The Balaban J connectivity index is 2.17. The fraction of sp³-hybridized carbons (Fsp3) is 0.333. The summed E-state index contributed by atoms with van der Waals surface area (Å²) in [5.41, 5.74) is 1.24. The third-order valence-electron chi connectivity index (χ3n) is 1.70. The lowest BCUT2D eigenvalue weighted by molar-refractivity contribution is 0.521. The second kappa shape index (κ2) is 5.85. The quantitative estimate of drug-likeness (QED) is 0.567. The largest absolute Gasteiger partial charge is 0.760 e. The average Bonchev–Trinajstić information content (AvgIpc) is 2.14. The van der Waals surface area contributed by atoms with Crippen LogP contribution in [0.4, 0.5) is 0 Å². The molecule has 0 heterocycles. The Hall–Kier alpha value is -0.710. The van der Waals surface area contributed by atoms with Gasteiger partial charge in [0.1, 0.15) is 0 Å². The van der Waals surface area contributed by atoms with Crippen LogP contribution in [-0.4, -0.2) is 15.3 Å². The van der Waals surface area contributed by atoms with Crippen molar-refractivity contribution in [3.8, 4) is 0 Å². The van der Waals surface area contributed by atoms with Crippen LogP contribution in [0.3, 0.4) is 0 Å². The van der Waals surface area contributed by atoms with E-state index in [0.717, 1.165) is 12.8 Å². The van der Waals surface area contributed by atoms with Gasteiger partial charge >= 0.3 is 0 Å². The van der Waals surface area contributed by atoms with Crippen molar-refractivity contribution in [2.45, 2.75) is 12.8 Å². The first-order chi connectivity index (χ1) is 6.29. The Morgan fingerprint density at radius 1 is 1.31 bits per heavy atom. The van der Waals surface area contributed by atoms with Gasteiger partial charge in [-0.25, -0.2) is 4.72 Å². The van der Waals surface area contributed by atoms with Crippen molar-refractivity contribution in [2.75, 3.05) is 6.54 Å². The number of aryl methyl sites for hydroxylation is 1. The molecule has 1 atom stereocenters. The summed E-state index contributed by atoms with van der Waals surface area (Å²) in [5, 5.41) is 0. The highest BCUT2D eigenvalue weighted by Gasteiger charge is 1.90. The lowest BCUT2D eigenvalue weighted by Crippen LogP contribution is -2.17. The molecular formula is C9H12NO2S-. The second-order valence-corrected chi connectivity index (χ2v) is 3.48. The minimum absolute atomic E-state index is 0.505. The van der Waals surface area contributed by atoms with Crippen LogP contribution in [0.25, 0.3) is 0 Å². The van der Waals surface area contributed by atoms with E-state index in [2.05, 4.69) is 4.72 Å². The molecule has 1 unspecified atom stereocenters. The number of benzene rings is 1. The molecule has 0 radical (unpaired) electrons. The molecule has 4 heteroatoms. The molecule has 0 aliphatic rings. The summed E-state index contributed by atoms with van der Waals surface area (Å²) in [7, 11) is 0. The summed E-state index contributed by atoms with van der Waals surface area (Å²) in [6, 6.07) is 10.00. The first-order valence-electron chi connectivity index (χ1n) is 4.16. The van der Waals surface area contributed by atoms with E-state index in [1.54, 1.807) is 0 Å². The van der Waals surface area contributed by atoms with Crippen LogP contribution in [0.1, 0.15) is 12.0 Å². The Labute approximate surface area is 80.6 Å². The summed E-state index contributed by atoms with van der Waals surface area (Å²) in [5.74, 6) is 0. The van der Waals surface area contributed by atoms with Gasteiger partial charge in [-0.3, -0.25) is 4.21 Å². The molecule has 0 fully saturated rings. The van der Waals surface area contributed by atoms with Crippen molar-refractivity contribution in [3.63, 3.8) is 0 Å². The summed E-state index contributed by atoms with van der Waals surface area (Å²) >= 11 is -2.12. The summed E-state index contributed by atoms with van der Waals surface area (Å²) in [4.78, 5) is 0. The van der Waals surface area contributed by atoms with E-state index in [9.17, 15) is 8.76 Å². The molecule has 0 spiro atoms. The third-order valence-corrected chi connectivity index (χ3v) is 2.14. The van der Waals surface area contributed by atoms with Crippen molar-refractivity contribution in [2.24, 2.45) is 0 Å². The van der Waals surface area contributed by atoms with Gasteiger partial charge in [0.25, 0.3) is 0 Å². The molecule has 0 amide bonds. The van der Waals surface area contributed by atoms with Gasteiger partial charge in [0.2, 0.25) is 0 Å². The van der Waals surface area contributed by atoms with Gasteiger partial charge in [-0.15, -0.1) is 0 Å². The molecule has 0 bridgehead atoms. The molecule has 0 aliphatic carbocycles. The molecule has 0 saturated carbocycles. The predicted octanol–water partition coefficient (Wildman–Crippen LogP) is 1.00. The zero-order valence-corrected chi connectivity index (χ0v) is 8.05. The Bertz CT molecular complexity index is 264. The number of rotatable bonds is 5. The molecule has 1 N–H and O–H groups in total. The molecule has 1 aromatic carbocycles. The fourth-order valence-corrected chi connectivity index (χ4v) is 1.40. The first kappa shape index (κ1) is 10.4. The topological polar surface area (TPSA) is 52.2 Å². The fourth-order valence-electron chi connectivity index (χ4n) is 1.09. The van der Waals surface area contributed by atoms with E-state index in [4.69, 9.17) is 0 Å². The standard InChI is InChI=1S/C9H13NO2S/c11-13(12)10-8-4-7-9-5-2-1-3-6-9/h1-3,5-6,10H,4,7-8H2,(H,11,12)/p-1. The van der Waals surface area contributed by atoms with Crippen LogP contribution in [0.2, 0.25) is 0 Å². The highest BCUT2D eigenvalue weighted by atomic mass is 32.2. The molecule has 72 valence electrons. The maximum atomic E-state index is 10.1. The van der Waals surface area contributed by atoms with Gasteiger partial charge in [-0.05, 0) is 18.4 Å². The zero-order chi connectivity index (χ0) is 9.52. The van der Waals surface area contributed by atoms with E-state index in [0.29, 0.717) is 6.54 Å². The maximum absolute atomic E-state index is 10.1. The maximum Gasteiger partial charge on any atom is 0.0181 e. The monoisotopic (exact) mass is 198 g/mol. The minimum atomic E-state index is -2.12. The first-order valence-corrected chi connectivity index (χ1v) is 5.23. The molecule has 1 rings (SSSR count). The number of hydrogen-bond donors (Lipinski definition) is 1. The average molecular weight is 198 g/mol. The Morgan fingerprint density at radius 2 is 2.00 bits per heavy atom. The predicted molar refractivity (Wildman–Crippen MR) is 51.7 cm³/mol. The molecular weight excluding hydrogens is 186 g/mol. The SMILES string of the molecule is O=S([O-])NCCCc1ccccc1. The normalized spacial score (nSPS) is 12.7. The van der Waals surface area contributed by atoms with Gasteiger partial charge in [0.15, 0.2) is 0 Å². The van der Waals surface area contributed by atoms with Gasteiger partial charge in [-0.1, -0.05) is 30.3 Å². The van der Waals surface area contributed by atoms with Crippen LogP contribution >= 0.6 is 0 Å².